The molecule has 2 aromatic rings. The van der Waals surface area contributed by atoms with E-state index >= 15 is 0 Å². The Balaban J connectivity index is 2.43. The molecule has 0 amide bonds. The van der Waals surface area contributed by atoms with Crippen molar-refractivity contribution >= 4 is 33.4 Å². The molecule has 1 heterocycles. The van der Waals surface area contributed by atoms with Crippen LogP contribution in [0.25, 0.3) is 0 Å². The second-order valence-corrected chi connectivity index (χ2v) is 5.45. The van der Waals surface area contributed by atoms with E-state index in [0.717, 1.165) is 21.7 Å². The normalized spacial score (nSPS) is 11.5. The number of nitrogens with one attached hydrogen (secondary N) is 1. The van der Waals surface area contributed by atoms with Crippen LogP contribution in [0.3, 0.4) is 0 Å². The third kappa shape index (κ3) is 3.63. The number of anilines is 3. The van der Waals surface area contributed by atoms with Crippen molar-refractivity contribution in [2.75, 3.05) is 11.1 Å². The molecule has 0 atom stereocenters. The Labute approximate surface area is 127 Å². The van der Waals surface area contributed by atoms with Gasteiger partial charge < -0.3 is 11.1 Å². The number of nitrogens with zero attached hydrogens (tertiary/aromatic N) is 2. The van der Waals surface area contributed by atoms with Crippen LogP contribution >= 0.6 is 15.9 Å². The van der Waals surface area contributed by atoms with Gasteiger partial charge in [-0.25, -0.2) is 4.98 Å². The molecule has 21 heavy (non-hydrogen) atoms. The van der Waals surface area contributed by atoms with Gasteiger partial charge in [-0.3, -0.25) is 0 Å². The van der Waals surface area contributed by atoms with Gasteiger partial charge >= 0.3 is 6.18 Å². The Kier molecular flexibility index (Phi) is 4.08. The van der Waals surface area contributed by atoms with Gasteiger partial charge in [0.15, 0.2) is 5.69 Å². The van der Waals surface area contributed by atoms with Gasteiger partial charge in [-0.2, -0.15) is 18.2 Å². The summed E-state index contributed by atoms with van der Waals surface area (Å²) in [6.45, 7) is 3.69. The quantitative estimate of drug-likeness (QED) is 0.842. The van der Waals surface area contributed by atoms with Crippen molar-refractivity contribution in [3.8, 4) is 0 Å². The first-order chi connectivity index (χ1) is 9.66. The van der Waals surface area contributed by atoms with Crippen LogP contribution in [0.15, 0.2) is 22.7 Å². The molecular weight excluding hydrogens is 349 g/mol. The van der Waals surface area contributed by atoms with Gasteiger partial charge in [-0.15, -0.1) is 0 Å². The predicted molar refractivity (Wildman–Crippen MR) is 78.3 cm³/mol. The molecule has 3 N–H and O–H groups in total. The zero-order valence-electron chi connectivity index (χ0n) is 11.2. The first kappa shape index (κ1) is 15.6. The lowest BCUT2D eigenvalue weighted by molar-refractivity contribution is -0.141. The molecule has 1 aromatic carbocycles. The van der Waals surface area contributed by atoms with Gasteiger partial charge in [0.05, 0.1) is 0 Å². The van der Waals surface area contributed by atoms with Crippen LogP contribution < -0.4 is 11.1 Å². The van der Waals surface area contributed by atoms with E-state index in [9.17, 15) is 13.2 Å². The second kappa shape index (κ2) is 5.51. The number of aromatic nitrogens is 2. The second-order valence-electron chi connectivity index (χ2n) is 4.53. The van der Waals surface area contributed by atoms with Crippen molar-refractivity contribution in [2.45, 2.75) is 20.0 Å². The molecule has 1 aromatic heterocycles. The molecule has 8 heteroatoms. The third-order valence-electron chi connectivity index (χ3n) is 2.78. The van der Waals surface area contributed by atoms with Gasteiger partial charge in [0.25, 0.3) is 0 Å². The fourth-order valence-corrected chi connectivity index (χ4v) is 2.60. The number of hydrogen-bond donors (Lipinski definition) is 2. The highest BCUT2D eigenvalue weighted by Gasteiger charge is 2.33. The molecule has 0 fully saturated rings. The van der Waals surface area contributed by atoms with Crippen LogP contribution in [0.4, 0.5) is 30.6 Å². The predicted octanol–water partition coefficient (Wildman–Crippen LogP) is 4.20. The lowest BCUT2D eigenvalue weighted by Gasteiger charge is -2.14. The lowest BCUT2D eigenvalue weighted by atomic mass is 10.1. The van der Waals surface area contributed by atoms with E-state index in [4.69, 9.17) is 5.73 Å². The average Bonchev–Trinajstić information content (AvgIpc) is 2.32. The largest absolute Gasteiger partial charge is 0.433 e. The minimum atomic E-state index is -4.57. The monoisotopic (exact) mass is 360 g/mol. The zero-order chi connectivity index (χ0) is 15.8. The molecule has 0 aliphatic carbocycles. The molecular formula is C13H12BrF3N4. The average molecular weight is 361 g/mol. The molecule has 0 unspecified atom stereocenters. The van der Waals surface area contributed by atoms with E-state index in [-0.39, 0.29) is 5.82 Å². The van der Waals surface area contributed by atoms with E-state index in [0.29, 0.717) is 5.69 Å². The first-order valence-corrected chi connectivity index (χ1v) is 6.71. The Bertz CT molecular complexity index is 663. The maximum absolute atomic E-state index is 12.7. The SMILES string of the molecule is Cc1cc(Br)cc(C)c1Nc1cc(C(F)(F)F)nc(N)n1. The summed E-state index contributed by atoms with van der Waals surface area (Å²) in [4.78, 5) is 6.99. The van der Waals surface area contributed by atoms with E-state index in [1.165, 1.54) is 0 Å². The summed E-state index contributed by atoms with van der Waals surface area (Å²) in [6, 6.07) is 4.53. The standard InChI is InChI=1S/C13H12BrF3N4/c1-6-3-8(14)4-7(2)11(6)20-10-5-9(13(15,16)17)19-12(18)21-10/h3-5H,1-2H3,(H3,18,19,20,21). The van der Waals surface area contributed by atoms with E-state index in [2.05, 4.69) is 31.2 Å². The van der Waals surface area contributed by atoms with Crippen molar-refractivity contribution in [2.24, 2.45) is 0 Å². The fraction of sp³-hybridized carbons (Fsp3) is 0.231. The number of halogens is 4. The summed E-state index contributed by atoms with van der Waals surface area (Å²) < 4.78 is 39.0. The van der Waals surface area contributed by atoms with Crippen molar-refractivity contribution in [3.05, 3.63) is 39.5 Å². The summed E-state index contributed by atoms with van der Waals surface area (Å²) in [7, 11) is 0. The highest BCUT2D eigenvalue weighted by atomic mass is 79.9. The summed E-state index contributed by atoms with van der Waals surface area (Å²) >= 11 is 3.36. The maximum Gasteiger partial charge on any atom is 0.433 e. The van der Waals surface area contributed by atoms with Crippen LogP contribution in [0.2, 0.25) is 0 Å². The molecule has 4 nitrogen and oxygen atoms in total. The van der Waals surface area contributed by atoms with Crippen molar-refractivity contribution in [1.29, 1.82) is 0 Å². The van der Waals surface area contributed by atoms with Crippen LogP contribution in [-0.4, -0.2) is 9.97 Å². The molecule has 0 saturated carbocycles. The summed E-state index contributed by atoms with van der Waals surface area (Å²) in [6.07, 6.45) is -4.57. The molecule has 0 bridgehead atoms. The van der Waals surface area contributed by atoms with Gasteiger partial charge in [0.1, 0.15) is 5.82 Å². The number of nitrogens with two attached hydrogens (primary N) is 1. The Morgan fingerprint density at radius 2 is 1.67 bits per heavy atom. The smallest absolute Gasteiger partial charge is 0.368 e. The molecule has 0 aliphatic rings. The van der Waals surface area contributed by atoms with Crippen molar-refractivity contribution in [3.63, 3.8) is 0 Å². The molecule has 0 saturated heterocycles. The number of benzene rings is 1. The highest BCUT2D eigenvalue weighted by molar-refractivity contribution is 9.10. The molecule has 0 aliphatic heterocycles. The number of rotatable bonds is 2. The summed E-state index contributed by atoms with van der Waals surface area (Å²) in [5.41, 5.74) is 6.68. The number of nitrogen functional groups attached to an aromatic ring is 1. The van der Waals surface area contributed by atoms with Gasteiger partial charge in [0, 0.05) is 16.2 Å². The highest BCUT2D eigenvalue weighted by Crippen LogP contribution is 2.32. The van der Waals surface area contributed by atoms with E-state index < -0.39 is 17.8 Å². The molecule has 2 rings (SSSR count). The summed E-state index contributed by atoms with van der Waals surface area (Å²) in [5.74, 6) is -0.428. The number of hydrogen-bond acceptors (Lipinski definition) is 4. The topological polar surface area (TPSA) is 63.8 Å². The zero-order valence-corrected chi connectivity index (χ0v) is 12.8. The minimum Gasteiger partial charge on any atom is -0.368 e. The Hall–Kier alpha value is -1.83. The minimum absolute atomic E-state index is 0.00310. The van der Waals surface area contributed by atoms with Crippen LogP contribution in [0.5, 0.6) is 0 Å². The van der Waals surface area contributed by atoms with Crippen LogP contribution in [0.1, 0.15) is 16.8 Å². The van der Waals surface area contributed by atoms with Gasteiger partial charge in [-0.05, 0) is 37.1 Å². The van der Waals surface area contributed by atoms with Gasteiger partial charge in [0.2, 0.25) is 5.95 Å². The summed E-state index contributed by atoms with van der Waals surface area (Å²) in [5, 5.41) is 2.87. The van der Waals surface area contributed by atoms with Crippen LogP contribution in [-0.2, 0) is 6.18 Å². The molecule has 112 valence electrons. The van der Waals surface area contributed by atoms with Crippen molar-refractivity contribution < 1.29 is 13.2 Å². The lowest BCUT2D eigenvalue weighted by Crippen LogP contribution is -2.12. The Morgan fingerprint density at radius 1 is 1.10 bits per heavy atom. The number of alkyl halides is 3. The Morgan fingerprint density at radius 3 is 2.19 bits per heavy atom. The van der Waals surface area contributed by atoms with E-state index in [1.807, 2.05) is 26.0 Å². The third-order valence-corrected chi connectivity index (χ3v) is 3.24. The fourth-order valence-electron chi connectivity index (χ4n) is 1.91. The van der Waals surface area contributed by atoms with E-state index in [1.54, 1.807) is 0 Å². The maximum atomic E-state index is 12.7. The first-order valence-electron chi connectivity index (χ1n) is 5.92. The molecule has 0 spiro atoms. The van der Waals surface area contributed by atoms with Crippen LogP contribution in [0, 0.1) is 13.8 Å². The number of aryl methyl sites for hydroxylation is 2. The molecule has 0 radical (unpaired) electrons. The van der Waals surface area contributed by atoms with Crippen molar-refractivity contribution in [1.82, 2.24) is 9.97 Å². The van der Waals surface area contributed by atoms with Gasteiger partial charge in [-0.1, -0.05) is 15.9 Å².